The van der Waals surface area contributed by atoms with Crippen molar-refractivity contribution >= 4 is 11.8 Å². The molecule has 19 heavy (non-hydrogen) atoms. The number of hydrogen-bond acceptors (Lipinski definition) is 2. The summed E-state index contributed by atoms with van der Waals surface area (Å²) in [4.78, 5) is 0. The molecule has 0 amide bonds. The molecule has 0 aromatic heterocycles. The third-order valence-corrected chi connectivity index (χ3v) is 5.00. The Bertz CT molecular complexity index is 450. The van der Waals surface area contributed by atoms with Crippen molar-refractivity contribution in [1.29, 1.82) is 0 Å². The van der Waals surface area contributed by atoms with Crippen LogP contribution in [0, 0.1) is 0 Å². The molecule has 1 aliphatic rings. The van der Waals surface area contributed by atoms with Gasteiger partial charge in [0.05, 0.1) is 0 Å². The lowest BCUT2D eigenvalue weighted by molar-refractivity contribution is 0.534. The molecule has 1 N–H and O–H groups in total. The molecule has 0 spiro atoms. The Labute approximate surface area is 119 Å². The van der Waals surface area contributed by atoms with Crippen LogP contribution in [-0.4, -0.2) is 12.3 Å². The molecule has 1 aliphatic heterocycles. The first-order valence-electron chi connectivity index (χ1n) is 6.90. The summed E-state index contributed by atoms with van der Waals surface area (Å²) in [5.74, 6) is 1.23. The van der Waals surface area contributed by atoms with Gasteiger partial charge in [0.1, 0.15) is 0 Å². The summed E-state index contributed by atoms with van der Waals surface area (Å²) in [5, 5.41) is 4.23. The van der Waals surface area contributed by atoms with Crippen molar-refractivity contribution < 1.29 is 0 Å². The van der Waals surface area contributed by atoms with Gasteiger partial charge in [0.15, 0.2) is 0 Å². The number of thioether (sulfide) groups is 1. The first-order chi connectivity index (χ1) is 9.45. The fourth-order valence-electron chi connectivity index (χ4n) is 2.63. The largest absolute Gasteiger partial charge is 0.309 e. The van der Waals surface area contributed by atoms with Crippen LogP contribution < -0.4 is 5.32 Å². The van der Waals surface area contributed by atoms with Gasteiger partial charge in [-0.2, -0.15) is 11.8 Å². The zero-order valence-corrected chi connectivity index (χ0v) is 11.8. The molecule has 0 bridgehead atoms. The topological polar surface area (TPSA) is 12.0 Å². The Balaban J connectivity index is 1.94. The van der Waals surface area contributed by atoms with Crippen molar-refractivity contribution in [2.75, 3.05) is 12.3 Å². The van der Waals surface area contributed by atoms with Gasteiger partial charge >= 0.3 is 0 Å². The lowest BCUT2D eigenvalue weighted by atomic mass is 9.98. The van der Waals surface area contributed by atoms with Gasteiger partial charge in [-0.3, -0.25) is 0 Å². The maximum atomic E-state index is 3.73. The monoisotopic (exact) mass is 269 g/mol. The highest BCUT2D eigenvalue weighted by Crippen LogP contribution is 2.41. The van der Waals surface area contributed by atoms with Gasteiger partial charge in [-0.15, -0.1) is 0 Å². The predicted octanol–water partition coefficient (Wildman–Crippen LogP) is 4.20. The van der Waals surface area contributed by atoms with Gasteiger partial charge in [0.25, 0.3) is 0 Å². The minimum absolute atomic E-state index is 0.413. The smallest absolute Gasteiger partial charge is 0.0492 e. The molecule has 1 fully saturated rings. The van der Waals surface area contributed by atoms with Crippen LogP contribution in [0.1, 0.15) is 28.8 Å². The molecular weight excluding hydrogens is 250 g/mol. The highest BCUT2D eigenvalue weighted by molar-refractivity contribution is 7.99. The van der Waals surface area contributed by atoms with Crippen LogP contribution in [0.15, 0.2) is 60.7 Å². The van der Waals surface area contributed by atoms with E-state index in [1.54, 1.807) is 0 Å². The maximum Gasteiger partial charge on any atom is 0.0492 e. The van der Waals surface area contributed by atoms with E-state index in [4.69, 9.17) is 0 Å². The normalized spacial score (nSPS) is 23.8. The molecule has 2 atom stereocenters. The highest BCUT2D eigenvalue weighted by atomic mass is 32.2. The van der Waals surface area contributed by atoms with E-state index >= 15 is 0 Å². The number of hydrogen-bond donors (Lipinski definition) is 1. The van der Waals surface area contributed by atoms with Gasteiger partial charge in [-0.1, -0.05) is 60.7 Å². The van der Waals surface area contributed by atoms with Crippen molar-refractivity contribution in [3.63, 3.8) is 0 Å². The molecule has 2 aromatic rings. The molecule has 0 saturated carbocycles. The zero-order valence-electron chi connectivity index (χ0n) is 11.0. The lowest BCUT2D eigenvalue weighted by Crippen LogP contribution is -2.24. The fourth-order valence-corrected chi connectivity index (χ4v) is 3.99. The second-order valence-corrected chi connectivity index (χ2v) is 6.15. The molecule has 2 aromatic carbocycles. The second-order valence-electron chi connectivity index (χ2n) is 4.90. The molecule has 1 heterocycles. The van der Waals surface area contributed by atoms with Crippen LogP contribution in [0.2, 0.25) is 0 Å². The Morgan fingerprint density at radius 3 is 2.16 bits per heavy atom. The number of benzene rings is 2. The molecule has 1 nitrogen and oxygen atoms in total. The quantitative estimate of drug-likeness (QED) is 0.877. The summed E-state index contributed by atoms with van der Waals surface area (Å²) < 4.78 is 0. The van der Waals surface area contributed by atoms with Crippen molar-refractivity contribution in [1.82, 2.24) is 5.32 Å². The van der Waals surface area contributed by atoms with Gasteiger partial charge in [-0.05, 0) is 29.8 Å². The van der Waals surface area contributed by atoms with Gasteiger partial charge < -0.3 is 5.32 Å². The molecule has 2 heteroatoms. The Morgan fingerprint density at radius 1 is 0.842 bits per heavy atom. The second kappa shape index (κ2) is 6.27. The van der Waals surface area contributed by atoms with Crippen LogP contribution in [0.5, 0.6) is 0 Å². The van der Waals surface area contributed by atoms with E-state index in [0.29, 0.717) is 11.3 Å². The maximum absolute atomic E-state index is 3.73. The minimum atomic E-state index is 0.413. The summed E-state index contributed by atoms with van der Waals surface area (Å²) in [6.45, 7) is 1.11. The standard InChI is InChI=1S/C17H19NS/c1-3-8-14(9-4-1)16-17(19-13-7-12-18-16)15-10-5-2-6-11-15/h1-6,8-11,16-18H,7,12-13H2. The van der Waals surface area contributed by atoms with Gasteiger partial charge in [-0.25, -0.2) is 0 Å². The van der Waals surface area contributed by atoms with E-state index in [0.717, 1.165) is 6.54 Å². The summed E-state index contributed by atoms with van der Waals surface area (Å²) in [6.07, 6.45) is 1.25. The van der Waals surface area contributed by atoms with Crippen LogP contribution in [0.3, 0.4) is 0 Å². The molecule has 2 unspecified atom stereocenters. The van der Waals surface area contributed by atoms with E-state index in [2.05, 4.69) is 77.7 Å². The lowest BCUT2D eigenvalue weighted by Gasteiger charge is -2.26. The summed E-state index contributed by atoms with van der Waals surface area (Å²) in [7, 11) is 0. The van der Waals surface area contributed by atoms with E-state index in [9.17, 15) is 0 Å². The van der Waals surface area contributed by atoms with Crippen LogP contribution >= 0.6 is 11.8 Å². The Morgan fingerprint density at radius 2 is 1.47 bits per heavy atom. The molecule has 3 rings (SSSR count). The van der Waals surface area contributed by atoms with Crippen LogP contribution in [0.4, 0.5) is 0 Å². The van der Waals surface area contributed by atoms with Crippen molar-refractivity contribution in [3.8, 4) is 0 Å². The number of nitrogens with one attached hydrogen (secondary N) is 1. The zero-order chi connectivity index (χ0) is 12.9. The third kappa shape index (κ3) is 3.02. The molecule has 1 saturated heterocycles. The predicted molar refractivity (Wildman–Crippen MR) is 83.4 cm³/mol. The minimum Gasteiger partial charge on any atom is -0.309 e. The Kier molecular flexibility index (Phi) is 4.21. The van der Waals surface area contributed by atoms with E-state index < -0.39 is 0 Å². The molecule has 0 aliphatic carbocycles. The van der Waals surface area contributed by atoms with Crippen molar-refractivity contribution in [2.45, 2.75) is 17.7 Å². The molecule has 0 radical (unpaired) electrons. The average Bonchev–Trinajstić information content (AvgIpc) is 2.75. The van der Waals surface area contributed by atoms with Gasteiger partial charge in [0.2, 0.25) is 0 Å². The van der Waals surface area contributed by atoms with Crippen molar-refractivity contribution in [3.05, 3.63) is 71.8 Å². The SMILES string of the molecule is c1ccc(C2NCCCSC2c2ccccc2)cc1. The van der Waals surface area contributed by atoms with Gasteiger partial charge in [0, 0.05) is 11.3 Å². The first kappa shape index (κ1) is 12.8. The third-order valence-electron chi connectivity index (χ3n) is 3.57. The van der Waals surface area contributed by atoms with E-state index in [1.807, 2.05) is 0 Å². The number of rotatable bonds is 2. The average molecular weight is 269 g/mol. The summed E-state index contributed by atoms with van der Waals surface area (Å²) >= 11 is 2.08. The van der Waals surface area contributed by atoms with E-state index in [1.165, 1.54) is 23.3 Å². The van der Waals surface area contributed by atoms with Crippen molar-refractivity contribution in [2.24, 2.45) is 0 Å². The highest BCUT2D eigenvalue weighted by Gasteiger charge is 2.26. The summed E-state index contributed by atoms with van der Waals surface area (Å²) in [6, 6.07) is 22.1. The molecular formula is C17H19NS. The van der Waals surface area contributed by atoms with E-state index in [-0.39, 0.29) is 0 Å². The fraction of sp³-hybridized carbons (Fsp3) is 0.294. The van der Waals surface area contributed by atoms with Crippen LogP contribution in [-0.2, 0) is 0 Å². The molecule has 98 valence electrons. The Hall–Kier alpha value is -1.25. The summed E-state index contributed by atoms with van der Waals surface area (Å²) in [5.41, 5.74) is 2.82. The van der Waals surface area contributed by atoms with Crippen LogP contribution in [0.25, 0.3) is 0 Å². The first-order valence-corrected chi connectivity index (χ1v) is 7.95.